The van der Waals surface area contributed by atoms with Crippen molar-refractivity contribution in [1.82, 2.24) is 10.2 Å². The molecule has 0 fully saturated rings. The van der Waals surface area contributed by atoms with Crippen molar-refractivity contribution in [2.24, 2.45) is 0 Å². The molecule has 0 aromatic heterocycles. The van der Waals surface area contributed by atoms with E-state index in [9.17, 15) is 9.59 Å². The van der Waals surface area contributed by atoms with Crippen molar-refractivity contribution in [2.45, 2.75) is 19.0 Å². The lowest BCUT2D eigenvalue weighted by Crippen LogP contribution is -2.39. The first kappa shape index (κ1) is 22.6. The second-order valence-electron chi connectivity index (χ2n) is 8.34. The summed E-state index contributed by atoms with van der Waals surface area (Å²) in [5.41, 5.74) is 3.12. The predicted molar refractivity (Wildman–Crippen MR) is 128 cm³/mol. The Kier molecular flexibility index (Phi) is 6.18. The zero-order valence-corrected chi connectivity index (χ0v) is 19.6. The highest BCUT2D eigenvalue weighted by molar-refractivity contribution is 6.04. The van der Waals surface area contributed by atoms with Crippen molar-refractivity contribution < 1.29 is 28.5 Å². The minimum absolute atomic E-state index is 0.168. The second-order valence-corrected chi connectivity index (χ2v) is 8.34. The maximum atomic E-state index is 13.4. The Morgan fingerprint density at radius 1 is 0.971 bits per heavy atom. The van der Waals surface area contributed by atoms with E-state index >= 15 is 0 Å². The Balaban J connectivity index is 1.32. The molecule has 0 bridgehead atoms. The summed E-state index contributed by atoms with van der Waals surface area (Å²) in [7, 11) is 3.18. The van der Waals surface area contributed by atoms with Gasteiger partial charge in [0.1, 0.15) is 6.04 Å². The van der Waals surface area contributed by atoms with Gasteiger partial charge in [-0.05, 0) is 53.4 Å². The van der Waals surface area contributed by atoms with E-state index in [4.69, 9.17) is 18.9 Å². The van der Waals surface area contributed by atoms with Gasteiger partial charge in [0.2, 0.25) is 12.7 Å². The van der Waals surface area contributed by atoms with Crippen molar-refractivity contribution >= 4 is 11.8 Å². The second kappa shape index (κ2) is 9.58. The van der Waals surface area contributed by atoms with E-state index in [0.29, 0.717) is 47.1 Å². The van der Waals surface area contributed by atoms with Crippen LogP contribution in [-0.2, 0) is 17.8 Å². The molecule has 2 heterocycles. The van der Waals surface area contributed by atoms with Gasteiger partial charge < -0.3 is 29.2 Å². The first-order chi connectivity index (χ1) is 17.1. The minimum Gasteiger partial charge on any atom is -0.493 e. The van der Waals surface area contributed by atoms with Crippen molar-refractivity contribution in [3.05, 3.63) is 82.9 Å². The largest absolute Gasteiger partial charge is 0.493 e. The van der Waals surface area contributed by atoms with Crippen LogP contribution in [0, 0.1) is 0 Å². The normalized spacial score (nSPS) is 15.7. The smallest absolute Gasteiger partial charge is 0.255 e. The summed E-state index contributed by atoms with van der Waals surface area (Å²) >= 11 is 0. The summed E-state index contributed by atoms with van der Waals surface area (Å²) in [6.45, 7) is 0.870. The molecular weight excluding hydrogens is 448 g/mol. The molecule has 2 aliphatic heterocycles. The molecule has 3 aromatic rings. The Morgan fingerprint density at radius 3 is 2.57 bits per heavy atom. The van der Waals surface area contributed by atoms with Crippen LogP contribution in [0.4, 0.5) is 0 Å². The van der Waals surface area contributed by atoms with E-state index in [1.165, 1.54) is 0 Å². The summed E-state index contributed by atoms with van der Waals surface area (Å²) in [6, 6.07) is 17.8. The van der Waals surface area contributed by atoms with Gasteiger partial charge in [0, 0.05) is 18.7 Å². The minimum atomic E-state index is -0.713. The van der Waals surface area contributed by atoms with E-state index in [2.05, 4.69) is 5.32 Å². The van der Waals surface area contributed by atoms with Gasteiger partial charge in [0.15, 0.2) is 23.0 Å². The number of ether oxygens (including phenoxy) is 4. The molecular formula is C27H26N2O6. The zero-order valence-electron chi connectivity index (χ0n) is 19.6. The number of methoxy groups -OCH3 is 2. The molecule has 35 heavy (non-hydrogen) atoms. The molecule has 0 spiro atoms. The van der Waals surface area contributed by atoms with Crippen molar-refractivity contribution in [3.63, 3.8) is 0 Å². The highest BCUT2D eigenvalue weighted by Gasteiger charge is 2.40. The standard InChI is InChI=1S/C27H26N2O6/c1-32-21-9-7-17(13-23(21)33-2)11-12-28-26(30)25-19-5-3-4-6-20(19)27(31)29(25)15-18-8-10-22-24(14-18)35-16-34-22/h3-10,13-14,25H,11-12,15-16H2,1-2H3,(H,28,30). The Labute approximate surface area is 203 Å². The highest BCUT2D eigenvalue weighted by atomic mass is 16.7. The summed E-state index contributed by atoms with van der Waals surface area (Å²) in [5.74, 6) is 2.22. The fourth-order valence-corrected chi connectivity index (χ4v) is 4.51. The van der Waals surface area contributed by atoms with Gasteiger partial charge in [0.25, 0.3) is 5.91 Å². The van der Waals surface area contributed by atoms with Crippen LogP contribution >= 0.6 is 0 Å². The SMILES string of the molecule is COc1ccc(CCNC(=O)C2c3ccccc3C(=O)N2Cc2ccc3c(c2)OCO3)cc1OC. The van der Waals surface area contributed by atoms with Gasteiger partial charge in [0.05, 0.1) is 14.2 Å². The zero-order chi connectivity index (χ0) is 24.4. The van der Waals surface area contributed by atoms with Gasteiger partial charge >= 0.3 is 0 Å². The van der Waals surface area contributed by atoms with Crippen LogP contribution in [0.1, 0.15) is 33.1 Å². The van der Waals surface area contributed by atoms with Gasteiger partial charge in [-0.25, -0.2) is 0 Å². The number of benzene rings is 3. The Hall–Kier alpha value is -4.20. The molecule has 8 heteroatoms. The lowest BCUT2D eigenvalue weighted by Gasteiger charge is -2.25. The number of nitrogens with one attached hydrogen (secondary N) is 1. The van der Waals surface area contributed by atoms with E-state index in [0.717, 1.165) is 11.1 Å². The van der Waals surface area contributed by atoms with Crippen LogP contribution in [0.3, 0.4) is 0 Å². The average molecular weight is 475 g/mol. The Bertz CT molecular complexity index is 1270. The molecule has 180 valence electrons. The van der Waals surface area contributed by atoms with Crippen LogP contribution in [0.5, 0.6) is 23.0 Å². The predicted octanol–water partition coefficient (Wildman–Crippen LogP) is 3.49. The lowest BCUT2D eigenvalue weighted by atomic mass is 10.0. The Morgan fingerprint density at radius 2 is 1.74 bits per heavy atom. The number of nitrogens with zero attached hydrogens (tertiary/aromatic N) is 1. The van der Waals surface area contributed by atoms with E-state index in [-0.39, 0.29) is 25.2 Å². The number of hydrogen-bond acceptors (Lipinski definition) is 6. The van der Waals surface area contributed by atoms with E-state index in [1.807, 2.05) is 54.6 Å². The molecule has 0 aliphatic carbocycles. The maximum Gasteiger partial charge on any atom is 0.255 e. The highest BCUT2D eigenvalue weighted by Crippen LogP contribution is 2.37. The topological polar surface area (TPSA) is 86.3 Å². The van der Waals surface area contributed by atoms with Crippen LogP contribution < -0.4 is 24.3 Å². The molecule has 1 atom stereocenters. The van der Waals surface area contributed by atoms with E-state index in [1.54, 1.807) is 25.2 Å². The van der Waals surface area contributed by atoms with Gasteiger partial charge in [-0.1, -0.05) is 30.3 Å². The average Bonchev–Trinajstić information content (AvgIpc) is 3.46. The van der Waals surface area contributed by atoms with Gasteiger partial charge in [-0.3, -0.25) is 9.59 Å². The first-order valence-electron chi connectivity index (χ1n) is 11.4. The number of carbonyl (C=O) groups is 2. The van der Waals surface area contributed by atoms with Crippen LogP contribution in [0.15, 0.2) is 60.7 Å². The van der Waals surface area contributed by atoms with Crippen molar-refractivity contribution in [2.75, 3.05) is 27.6 Å². The molecule has 0 saturated carbocycles. The molecule has 0 saturated heterocycles. The van der Waals surface area contributed by atoms with E-state index < -0.39 is 6.04 Å². The molecule has 0 radical (unpaired) electrons. The molecule has 5 rings (SSSR count). The fourth-order valence-electron chi connectivity index (χ4n) is 4.51. The third-order valence-electron chi connectivity index (χ3n) is 6.26. The van der Waals surface area contributed by atoms with Crippen LogP contribution in [-0.4, -0.2) is 44.3 Å². The molecule has 2 amide bonds. The molecule has 2 aliphatic rings. The third-order valence-corrected chi connectivity index (χ3v) is 6.26. The lowest BCUT2D eigenvalue weighted by molar-refractivity contribution is -0.125. The van der Waals surface area contributed by atoms with Gasteiger partial charge in [-0.15, -0.1) is 0 Å². The fraction of sp³-hybridized carbons (Fsp3) is 0.259. The molecule has 1 N–H and O–H groups in total. The maximum absolute atomic E-state index is 13.4. The van der Waals surface area contributed by atoms with Crippen LogP contribution in [0.25, 0.3) is 0 Å². The summed E-state index contributed by atoms with van der Waals surface area (Å²) < 4.78 is 21.5. The number of carbonyl (C=O) groups excluding carboxylic acids is 2. The summed E-state index contributed by atoms with van der Waals surface area (Å²) in [4.78, 5) is 28.2. The number of amides is 2. The number of hydrogen-bond donors (Lipinski definition) is 1. The van der Waals surface area contributed by atoms with Crippen molar-refractivity contribution in [3.8, 4) is 23.0 Å². The quantitative estimate of drug-likeness (QED) is 0.538. The first-order valence-corrected chi connectivity index (χ1v) is 11.4. The summed E-state index contributed by atoms with van der Waals surface area (Å²) in [5, 5.41) is 3.01. The van der Waals surface area contributed by atoms with Crippen molar-refractivity contribution in [1.29, 1.82) is 0 Å². The molecule has 3 aromatic carbocycles. The number of rotatable bonds is 8. The summed E-state index contributed by atoms with van der Waals surface area (Å²) in [6.07, 6.45) is 0.608. The monoisotopic (exact) mass is 474 g/mol. The molecule has 1 unspecified atom stereocenters. The molecule has 8 nitrogen and oxygen atoms in total. The number of fused-ring (bicyclic) bond motifs is 2. The van der Waals surface area contributed by atoms with Crippen LogP contribution in [0.2, 0.25) is 0 Å². The third kappa shape index (κ3) is 4.35. The van der Waals surface area contributed by atoms with Gasteiger partial charge in [-0.2, -0.15) is 0 Å².